The van der Waals surface area contributed by atoms with E-state index in [4.69, 9.17) is 15.3 Å². The van der Waals surface area contributed by atoms with Crippen LogP contribution in [-0.2, 0) is 9.59 Å². The molecule has 0 unspecified atom stereocenters. The monoisotopic (exact) mass is 300 g/mol. The zero-order chi connectivity index (χ0) is 16.3. The third kappa shape index (κ3) is 27.5. The predicted octanol–water partition coefficient (Wildman–Crippen LogP) is 3.39. The molecule has 0 aliphatic carbocycles. The summed E-state index contributed by atoms with van der Waals surface area (Å²) in [6.07, 6.45) is 15.5. The van der Waals surface area contributed by atoms with Crippen LogP contribution in [0.25, 0.3) is 0 Å². The van der Waals surface area contributed by atoms with Crippen molar-refractivity contribution in [1.82, 2.24) is 0 Å². The molecule has 3 N–H and O–H groups in total. The van der Waals surface area contributed by atoms with Gasteiger partial charge < -0.3 is 15.3 Å². The fourth-order valence-electron chi connectivity index (χ4n) is 1.43. The van der Waals surface area contributed by atoms with E-state index in [1.54, 1.807) is 0 Å². The van der Waals surface area contributed by atoms with Gasteiger partial charge in [0.2, 0.25) is 0 Å². The SMILES string of the molecule is CCCCC=CCCCCCCO.O=C(O)/C=C\C(=O)O. The van der Waals surface area contributed by atoms with Gasteiger partial charge in [-0.3, -0.25) is 0 Å². The van der Waals surface area contributed by atoms with Gasteiger partial charge in [0, 0.05) is 18.8 Å². The quantitative estimate of drug-likeness (QED) is 0.309. The topological polar surface area (TPSA) is 94.8 Å². The summed E-state index contributed by atoms with van der Waals surface area (Å²) >= 11 is 0. The fraction of sp³-hybridized carbons (Fsp3) is 0.625. The van der Waals surface area contributed by atoms with Gasteiger partial charge >= 0.3 is 11.9 Å². The number of rotatable bonds is 11. The molecule has 0 aliphatic rings. The molecule has 0 fully saturated rings. The molecule has 0 heterocycles. The first kappa shape index (κ1) is 21.7. The average molecular weight is 300 g/mol. The van der Waals surface area contributed by atoms with Crippen LogP contribution in [0.15, 0.2) is 24.3 Å². The smallest absolute Gasteiger partial charge is 0.328 e. The summed E-state index contributed by atoms with van der Waals surface area (Å²) in [7, 11) is 0. The Bertz CT molecular complexity index is 292. The summed E-state index contributed by atoms with van der Waals surface area (Å²) in [6, 6.07) is 0. The lowest BCUT2D eigenvalue weighted by Crippen LogP contribution is -1.91. The number of hydrogen-bond donors (Lipinski definition) is 3. The Morgan fingerprint density at radius 2 is 1.29 bits per heavy atom. The number of aliphatic hydroxyl groups excluding tert-OH is 1. The van der Waals surface area contributed by atoms with Crippen LogP contribution in [0.1, 0.15) is 58.3 Å². The number of allylic oxidation sites excluding steroid dienone is 2. The van der Waals surface area contributed by atoms with Gasteiger partial charge in [0.25, 0.3) is 0 Å². The van der Waals surface area contributed by atoms with Crippen LogP contribution in [-0.4, -0.2) is 33.9 Å². The van der Waals surface area contributed by atoms with Gasteiger partial charge in [0.1, 0.15) is 0 Å². The number of carboxylic acid groups (broad SMARTS) is 2. The fourth-order valence-corrected chi connectivity index (χ4v) is 1.43. The van der Waals surface area contributed by atoms with E-state index in [0.29, 0.717) is 18.8 Å². The number of carbonyl (C=O) groups is 2. The van der Waals surface area contributed by atoms with E-state index in [0.717, 1.165) is 6.42 Å². The number of unbranched alkanes of at least 4 members (excludes halogenated alkanes) is 6. The summed E-state index contributed by atoms with van der Waals surface area (Å²) in [5.74, 6) is -2.51. The normalized spacial score (nSPS) is 10.6. The summed E-state index contributed by atoms with van der Waals surface area (Å²) in [4.78, 5) is 19.1. The summed E-state index contributed by atoms with van der Waals surface area (Å²) in [6.45, 7) is 2.58. The maximum Gasteiger partial charge on any atom is 0.328 e. The molecule has 0 spiro atoms. The van der Waals surface area contributed by atoms with Crippen LogP contribution in [0.4, 0.5) is 0 Å². The number of aliphatic carboxylic acids is 2. The number of carboxylic acids is 2. The highest BCUT2D eigenvalue weighted by molar-refractivity contribution is 5.89. The van der Waals surface area contributed by atoms with Crippen molar-refractivity contribution in [1.29, 1.82) is 0 Å². The molecule has 21 heavy (non-hydrogen) atoms. The van der Waals surface area contributed by atoms with E-state index in [1.165, 1.54) is 44.9 Å². The van der Waals surface area contributed by atoms with E-state index in [9.17, 15) is 9.59 Å². The molecule has 5 nitrogen and oxygen atoms in total. The minimum absolute atomic E-state index is 0.354. The van der Waals surface area contributed by atoms with Crippen molar-refractivity contribution >= 4 is 11.9 Å². The molecular weight excluding hydrogens is 272 g/mol. The highest BCUT2D eigenvalue weighted by atomic mass is 16.4. The second-order valence-corrected chi connectivity index (χ2v) is 4.55. The third-order valence-corrected chi connectivity index (χ3v) is 2.54. The molecule has 0 aliphatic heterocycles. The predicted molar refractivity (Wildman–Crippen MR) is 83.2 cm³/mol. The molecule has 0 aromatic heterocycles. The Morgan fingerprint density at radius 3 is 1.71 bits per heavy atom. The van der Waals surface area contributed by atoms with Gasteiger partial charge in [-0.25, -0.2) is 9.59 Å². The Labute approximate surface area is 127 Å². The summed E-state index contributed by atoms with van der Waals surface area (Å²) in [5.41, 5.74) is 0. The van der Waals surface area contributed by atoms with Crippen LogP contribution in [0.3, 0.4) is 0 Å². The summed E-state index contributed by atoms with van der Waals surface area (Å²) in [5, 5.41) is 24.2. The first-order valence-corrected chi connectivity index (χ1v) is 7.44. The van der Waals surface area contributed by atoms with E-state index in [-0.39, 0.29) is 0 Å². The van der Waals surface area contributed by atoms with E-state index < -0.39 is 11.9 Å². The minimum atomic E-state index is -1.26. The standard InChI is InChI=1S/C12H24O.C4H4O4/c1-2-3-4-5-6-7-8-9-10-11-12-13;5-3(6)1-2-4(7)8/h5-6,13H,2-4,7-12H2,1H3;1-2H,(H,5,6)(H,7,8)/b;2-1-. The zero-order valence-electron chi connectivity index (χ0n) is 12.8. The lowest BCUT2D eigenvalue weighted by Gasteiger charge is -1.95. The highest BCUT2D eigenvalue weighted by Crippen LogP contribution is 2.04. The molecule has 0 radical (unpaired) electrons. The first-order chi connectivity index (χ1) is 10.0. The molecule has 5 heteroatoms. The van der Waals surface area contributed by atoms with Gasteiger partial charge in [-0.1, -0.05) is 44.8 Å². The molecule has 0 bridgehead atoms. The van der Waals surface area contributed by atoms with Crippen molar-refractivity contribution in [3.8, 4) is 0 Å². The average Bonchev–Trinajstić information content (AvgIpc) is 2.44. The van der Waals surface area contributed by atoms with Gasteiger partial charge in [0.05, 0.1) is 0 Å². The molecule has 0 amide bonds. The van der Waals surface area contributed by atoms with Crippen LogP contribution in [0.2, 0.25) is 0 Å². The minimum Gasteiger partial charge on any atom is -0.478 e. The van der Waals surface area contributed by atoms with Crippen LogP contribution in [0, 0.1) is 0 Å². The summed E-state index contributed by atoms with van der Waals surface area (Å²) < 4.78 is 0. The Morgan fingerprint density at radius 1 is 0.810 bits per heavy atom. The second-order valence-electron chi connectivity index (χ2n) is 4.55. The van der Waals surface area contributed by atoms with Crippen molar-refractivity contribution < 1.29 is 24.9 Å². The van der Waals surface area contributed by atoms with E-state index >= 15 is 0 Å². The van der Waals surface area contributed by atoms with E-state index in [1.807, 2.05) is 0 Å². The van der Waals surface area contributed by atoms with Crippen molar-refractivity contribution in [3.63, 3.8) is 0 Å². The van der Waals surface area contributed by atoms with Crippen LogP contribution in [0.5, 0.6) is 0 Å². The third-order valence-electron chi connectivity index (χ3n) is 2.54. The lowest BCUT2D eigenvalue weighted by molar-refractivity contribution is -0.134. The number of hydrogen-bond acceptors (Lipinski definition) is 3. The van der Waals surface area contributed by atoms with Crippen molar-refractivity contribution in [2.45, 2.75) is 58.3 Å². The van der Waals surface area contributed by atoms with Gasteiger partial charge in [-0.2, -0.15) is 0 Å². The highest BCUT2D eigenvalue weighted by Gasteiger charge is 1.88. The molecule has 0 atom stereocenters. The van der Waals surface area contributed by atoms with Gasteiger partial charge in [0.15, 0.2) is 0 Å². The largest absolute Gasteiger partial charge is 0.478 e. The van der Waals surface area contributed by atoms with Crippen molar-refractivity contribution in [3.05, 3.63) is 24.3 Å². The molecular formula is C16H28O5. The molecule has 0 aromatic carbocycles. The Kier molecular flexibility index (Phi) is 19.0. The maximum atomic E-state index is 9.55. The van der Waals surface area contributed by atoms with Crippen LogP contribution >= 0.6 is 0 Å². The Hall–Kier alpha value is -1.62. The van der Waals surface area contributed by atoms with Crippen molar-refractivity contribution in [2.24, 2.45) is 0 Å². The molecule has 0 rings (SSSR count). The molecule has 0 saturated heterocycles. The molecule has 0 aromatic rings. The van der Waals surface area contributed by atoms with E-state index in [2.05, 4.69) is 19.1 Å². The second kappa shape index (κ2) is 18.4. The van der Waals surface area contributed by atoms with Gasteiger partial charge in [-0.05, 0) is 25.7 Å². The lowest BCUT2D eigenvalue weighted by atomic mass is 10.1. The molecule has 0 saturated carbocycles. The number of aliphatic hydroxyl groups is 1. The zero-order valence-corrected chi connectivity index (χ0v) is 12.8. The maximum absolute atomic E-state index is 9.55. The van der Waals surface area contributed by atoms with Gasteiger partial charge in [-0.15, -0.1) is 0 Å². The van der Waals surface area contributed by atoms with Crippen LogP contribution < -0.4 is 0 Å². The molecule has 122 valence electrons. The first-order valence-electron chi connectivity index (χ1n) is 7.44. The van der Waals surface area contributed by atoms with Crippen molar-refractivity contribution in [2.75, 3.05) is 6.61 Å². The Balaban J connectivity index is 0.